The van der Waals surface area contributed by atoms with Crippen molar-refractivity contribution in [2.24, 2.45) is 11.7 Å². The normalized spacial score (nSPS) is 11.9. The van der Waals surface area contributed by atoms with E-state index in [0.29, 0.717) is 18.7 Å². The zero-order valence-electron chi connectivity index (χ0n) is 10.7. The Labute approximate surface area is 111 Å². The van der Waals surface area contributed by atoms with Gasteiger partial charge in [0.15, 0.2) is 0 Å². The molecule has 0 bridgehead atoms. The lowest BCUT2D eigenvalue weighted by atomic mass is 10.0. The number of carboxylic acids is 1. The maximum Gasteiger partial charge on any atom is 0.339 e. The first kappa shape index (κ1) is 15.0. The quantitative estimate of drug-likeness (QED) is 0.581. The number of hydrogen-bond donors (Lipinski definition) is 4. The van der Waals surface area contributed by atoms with E-state index < -0.39 is 5.97 Å². The summed E-state index contributed by atoms with van der Waals surface area (Å²) in [5.41, 5.74) is 5.48. The number of carboxylic acid groups (broad SMARTS) is 1. The molecule has 6 heteroatoms. The van der Waals surface area contributed by atoms with Gasteiger partial charge in [-0.2, -0.15) is 0 Å². The lowest BCUT2D eigenvalue weighted by Crippen LogP contribution is -2.21. The smallest absolute Gasteiger partial charge is 0.339 e. The van der Waals surface area contributed by atoms with Crippen molar-refractivity contribution in [3.05, 3.63) is 23.8 Å². The molecule has 19 heavy (non-hydrogen) atoms. The fraction of sp³-hybridized carbons (Fsp3) is 0.385. The Bertz CT molecular complexity index is 474. The highest BCUT2D eigenvalue weighted by Gasteiger charge is 2.15. The summed E-state index contributed by atoms with van der Waals surface area (Å²) in [4.78, 5) is 22.7. The van der Waals surface area contributed by atoms with E-state index >= 15 is 0 Å². The summed E-state index contributed by atoms with van der Waals surface area (Å²) in [6, 6.07) is 3.92. The van der Waals surface area contributed by atoms with E-state index in [1.165, 1.54) is 18.2 Å². The SMILES string of the molecule is CC(CCCN)C(=O)Nc1ccc(O)c(C(=O)O)c1. The van der Waals surface area contributed by atoms with Gasteiger partial charge in [0.25, 0.3) is 0 Å². The van der Waals surface area contributed by atoms with Crippen molar-refractivity contribution in [1.82, 2.24) is 0 Å². The number of carbonyl (C=O) groups is 2. The van der Waals surface area contributed by atoms with E-state index in [0.717, 1.165) is 6.42 Å². The standard InChI is InChI=1S/C13H18N2O4/c1-8(3-2-6-14)12(17)15-9-4-5-11(16)10(7-9)13(18)19/h4-5,7-8,16H,2-3,6,14H2,1H3,(H,15,17)(H,18,19). The number of carbonyl (C=O) groups excluding carboxylic acids is 1. The number of hydrogen-bond acceptors (Lipinski definition) is 4. The van der Waals surface area contributed by atoms with Crippen molar-refractivity contribution >= 4 is 17.6 Å². The van der Waals surface area contributed by atoms with Crippen molar-refractivity contribution < 1.29 is 19.8 Å². The van der Waals surface area contributed by atoms with Crippen molar-refractivity contribution in [3.8, 4) is 5.75 Å². The van der Waals surface area contributed by atoms with Gasteiger partial charge in [0.05, 0.1) is 0 Å². The summed E-state index contributed by atoms with van der Waals surface area (Å²) in [5, 5.41) is 20.8. The maximum atomic E-state index is 11.8. The zero-order valence-corrected chi connectivity index (χ0v) is 10.7. The molecular weight excluding hydrogens is 248 g/mol. The second-order valence-electron chi connectivity index (χ2n) is 4.36. The van der Waals surface area contributed by atoms with E-state index in [1.807, 2.05) is 0 Å². The molecule has 0 saturated heterocycles. The highest BCUT2D eigenvalue weighted by molar-refractivity contribution is 5.96. The van der Waals surface area contributed by atoms with Crippen LogP contribution in [0, 0.1) is 5.92 Å². The fourth-order valence-corrected chi connectivity index (χ4v) is 1.61. The number of nitrogens with two attached hydrogens (primary N) is 1. The molecule has 0 aromatic heterocycles. The molecule has 0 saturated carbocycles. The van der Waals surface area contributed by atoms with Crippen LogP contribution < -0.4 is 11.1 Å². The minimum atomic E-state index is -1.25. The minimum absolute atomic E-state index is 0.199. The molecule has 0 aliphatic heterocycles. The second kappa shape index (κ2) is 6.75. The van der Waals surface area contributed by atoms with Crippen LogP contribution in [0.4, 0.5) is 5.69 Å². The predicted octanol–water partition coefficient (Wildman–Crippen LogP) is 1.40. The largest absolute Gasteiger partial charge is 0.507 e. The molecule has 0 fully saturated rings. The highest BCUT2D eigenvalue weighted by atomic mass is 16.4. The monoisotopic (exact) mass is 266 g/mol. The molecule has 5 N–H and O–H groups in total. The van der Waals surface area contributed by atoms with Crippen LogP contribution in [0.25, 0.3) is 0 Å². The summed E-state index contributed by atoms with van der Waals surface area (Å²) >= 11 is 0. The second-order valence-corrected chi connectivity index (χ2v) is 4.36. The van der Waals surface area contributed by atoms with Crippen LogP contribution >= 0.6 is 0 Å². The third-order valence-electron chi connectivity index (χ3n) is 2.78. The molecule has 1 rings (SSSR count). The van der Waals surface area contributed by atoms with Crippen LogP contribution in [0.1, 0.15) is 30.1 Å². The predicted molar refractivity (Wildman–Crippen MR) is 71.1 cm³/mol. The van der Waals surface area contributed by atoms with Gasteiger partial charge in [0.2, 0.25) is 5.91 Å². The van der Waals surface area contributed by atoms with Gasteiger partial charge in [-0.1, -0.05) is 6.92 Å². The molecule has 0 aliphatic rings. The lowest BCUT2D eigenvalue weighted by molar-refractivity contribution is -0.119. The Balaban J connectivity index is 2.74. The van der Waals surface area contributed by atoms with Gasteiger partial charge in [-0.25, -0.2) is 4.79 Å². The van der Waals surface area contributed by atoms with Crippen LogP contribution in [-0.4, -0.2) is 28.6 Å². The van der Waals surface area contributed by atoms with Gasteiger partial charge in [-0.15, -0.1) is 0 Å². The van der Waals surface area contributed by atoms with Crippen molar-refractivity contribution in [2.75, 3.05) is 11.9 Å². The first-order valence-electron chi connectivity index (χ1n) is 6.03. The first-order chi connectivity index (χ1) is 8.95. The van der Waals surface area contributed by atoms with Crippen LogP contribution in [0.15, 0.2) is 18.2 Å². The van der Waals surface area contributed by atoms with Crippen LogP contribution in [0.3, 0.4) is 0 Å². The van der Waals surface area contributed by atoms with Crippen LogP contribution in [0.5, 0.6) is 5.75 Å². The van der Waals surface area contributed by atoms with E-state index in [2.05, 4.69) is 5.32 Å². The Kier molecular flexibility index (Phi) is 5.32. The molecular formula is C13H18N2O4. The Hall–Kier alpha value is -2.08. The molecule has 0 spiro atoms. The van der Waals surface area contributed by atoms with Gasteiger partial charge < -0.3 is 21.3 Å². The van der Waals surface area contributed by atoms with Crippen LogP contribution in [0.2, 0.25) is 0 Å². The Morgan fingerprint density at radius 3 is 2.68 bits per heavy atom. The maximum absolute atomic E-state index is 11.8. The van der Waals surface area contributed by atoms with E-state index in [1.54, 1.807) is 6.92 Å². The molecule has 1 amide bonds. The lowest BCUT2D eigenvalue weighted by Gasteiger charge is -2.12. The molecule has 1 unspecified atom stereocenters. The number of amides is 1. The third-order valence-corrected chi connectivity index (χ3v) is 2.78. The average Bonchev–Trinajstić information content (AvgIpc) is 2.37. The fourth-order valence-electron chi connectivity index (χ4n) is 1.61. The van der Waals surface area contributed by atoms with Gasteiger partial charge in [-0.05, 0) is 37.6 Å². The van der Waals surface area contributed by atoms with Crippen molar-refractivity contribution in [3.63, 3.8) is 0 Å². The van der Waals surface area contributed by atoms with Gasteiger partial charge in [0.1, 0.15) is 11.3 Å². The third kappa shape index (κ3) is 4.26. The topological polar surface area (TPSA) is 113 Å². The van der Waals surface area contributed by atoms with Crippen molar-refractivity contribution in [2.45, 2.75) is 19.8 Å². The number of anilines is 1. The van der Waals surface area contributed by atoms with E-state index in [4.69, 9.17) is 10.8 Å². The number of aromatic carboxylic acids is 1. The molecule has 0 radical (unpaired) electrons. The number of aromatic hydroxyl groups is 1. The molecule has 1 aromatic carbocycles. The Morgan fingerprint density at radius 1 is 1.42 bits per heavy atom. The summed E-state index contributed by atoms with van der Waals surface area (Å²) in [7, 11) is 0. The van der Waals surface area contributed by atoms with Crippen molar-refractivity contribution in [1.29, 1.82) is 0 Å². The van der Waals surface area contributed by atoms with E-state index in [9.17, 15) is 14.7 Å². The van der Waals surface area contributed by atoms with Gasteiger partial charge in [0, 0.05) is 11.6 Å². The molecule has 1 atom stereocenters. The van der Waals surface area contributed by atoms with Crippen LogP contribution in [-0.2, 0) is 4.79 Å². The summed E-state index contributed by atoms with van der Waals surface area (Å²) < 4.78 is 0. The first-order valence-corrected chi connectivity index (χ1v) is 6.03. The minimum Gasteiger partial charge on any atom is -0.507 e. The van der Waals surface area contributed by atoms with Gasteiger partial charge in [-0.3, -0.25) is 4.79 Å². The summed E-state index contributed by atoms with van der Waals surface area (Å²) in [6.07, 6.45) is 1.43. The molecule has 6 nitrogen and oxygen atoms in total. The zero-order chi connectivity index (χ0) is 14.4. The molecule has 0 aliphatic carbocycles. The number of phenols is 1. The number of benzene rings is 1. The number of rotatable bonds is 6. The summed E-state index contributed by atoms with van der Waals surface area (Å²) in [6.45, 7) is 2.31. The van der Waals surface area contributed by atoms with Gasteiger partial charge >= 0.3 is 5.97 Å². The summed E-state index contributed by atoms with van der Waals surface area (Å²) in [5.74, 6) is -1.98. The average molecular weight is 266 g/mol. The molecule has 1 aromatic rings. The highest BCUT2D eigenvalue weighted by Crippen LogP contribution is 2.22. The van der Waals surface area contributed by atoms with E-state index in [-0.39, 0.29) is 23.1 Å². The Morgan fingerprint density at radius 2 is 2.11 bits per heavy atom. The molecule has 0 heterocycles. The number of nitrogens with one attached hydrogen (secondary N) is 1. The molecule has 104 valence electrons.